The van der Waals surface area contributed by atoms with E-state index in [4.69, 9.17) is 5.73 Å². The average Bonchev–Trinajstić information content (AvgIpc) is 3.21. The van der Waals surface area contributed by atoms with Crippen molar-refractivity contribution in [2.75, 3.05) is 0 Å². The lowest BCUT2D eigenvalue weighted by atomic mass is 9.80. The summed E-state index contributed by atoms with van der Waals surface area (Å²) in [5.41, 5.74) is 9.12. The van der Waals surface area contributed by atoms with Crippen molar-refractivity contribution >= 4 is 5.65 Å². The van der Waals surface area contributed by atoms with Crippen molar-refractivity contribution in [2.45, 2.75) is 24.8 Å². The Bertz CT molecular complexity index is 1400. The summed E-state index contributed by atoms with van der Waals surface area (Å²) in [6.45, 7) is 0. The van der Waals surface area contributed by atoms with Crippen molar-refractivity contribution in [1.29, 1.82) is 0 Å². The lowest BCUT2D eigenvalue weighted by Crippen LogP contribution is -2.37. The third kappa shape index (κ3) is 2.97. The highest BCUT2D eigenvalue weighted by Gasteiger charge is 2.33. The van der Waals surface area contributed by atoms with Gasteiger partial charge in [-0.05, 0) is 30.2 Å². The van der Waals surface area contributed by atoms with Crippen LogP contribution in [0.3, 0.4) is 0 Å². The highest BCUT2D eigenvalue weighted by atomic mass is 19.2. The summed E-state index contributed by atoms with van der Waals surface area (Å²) in [5, 5.41) is 4.26. The maximum atomic E-state index is 14.4. The number of hydrogen-bond donors (Lipinski definition) is 1. The molecule has 0 saturated carbocycles. The molecule has 1 aliphatic rings. The van der Waals surface area contributed by atoms with Gasteiger partial charge in [0, 0.05) is 56.0 Å². The summed E-state index contributed by atoms with van der Waals surface area (Å²) in [4.78, 5) is 16.7. The second kappa shape index (κ2) is 6.81. The molecule has 0 amide bonds. The second-order valence-electron chi connectivity index (χ2n) is 7.90. The molecule has 10 heteroatoms. The van der Waals surface area contributed by atoms with E-state index >= 15 is 0 Å². The van der Waals surface area contributed by atoms with Crippen LogP contribution in [0, 0.1) is 17.5 Å². The molecule has 0 aliphatic heterocycles. The summed E-state index contributed by atoms with van der Waals surface area (Å²) >= 11 is 0. The summed E-state index contributed by atoms with van der Waals surface area (Å²) < 4.78 is 46.1. The smallest absolute Gasteiger partial charge is 0.327 e. The fourth-order valence-corrected chi connectivity index (χ4v) is 4.36. The van der Waals surface area contributed by atoms with Crippen LogP contribution in [0.25, 0.3) is 17.0 Å². The Morgan fingerprint density at radius 2 is 1.81 bits per heavy atom. The molecule has 2 atom stereocenters. The average molecular weight is 428 g/mol. The number of fused-ring (bicyclic) bond motifs is 3. The molecule has 0 saturated heterocycles. The molecule has 0 spiro atoms. The fourth-order valence-electron chi connectivity index (χ4n) is 4.36. The highest BCUT2D eigenvalue weighted by molar-refractivity contribution is 5.62. The van der Waals surface area contributed by atoms with Crippen LogP contribution < -0.4 is 11.4 Å². The Labute approximate surface area is 174 Å². The monoisotopic (exact) mass is 428 g/mol. The number of pyridine rings is 1. The molecule has 160 valence electrons. The van der Waals surface area contributed by atoms with Crippen LogP contribution in [-0.4, -0.2) is 29.8 Å². The van der Waals surface area contributed by atoms with Gasteiger partial charge < -0.3 is 10.1 Å². The van der Waals surface area contributed by atoms with E-state index in [0.717, 1.165) is 23.0 Å². The zero-order chi connectivity index (χ0) is 22.0. The first kappa shape index (κ1) is 19.6. The molecule has 0 fully saturated rings. The van der Waals surface area contributed by atoms with Crippen LogP contribution in [0.5, 0.6) is 0 Å². The van der Waals surface area contributed by atoms with Gasteiger partial charge in [-0.25, -0.2) is 27.6 Å². The third-order valence-electron chi connectivity index (χ3n) is 5.99. The van der Waals surface area contributed by atoms with Crippen LogP contribution in [0.15, 0.2) is 35.3 Å². The van der Waals surface area contributed by atoms with E-state index in [9.17, 15) is 18.0 Å². The summed E-state index contributed by atoms with van der Waals surface area (Å²) in [6, 6.07) is 4.61. The lowest BCUT2D eigenvalue weighted by molar-refractivity contribution is 0.446. The summed E-state index contributed by atoms with van der Waals surface area (Å²) in [7, 11) is 3.23. The Morgan fingerprint density at radius 1 is 1.06 bits per heavy atom. The highest BCUT2D eigenvalue weighted by Crippen LogP contribution is 2.35. The molecule has 1 aliphatic carbocycles. The Balaban J connectivity index is 1.57. The third-order valence-corrected chi connectivity index (χ3v) is 5.99. The molecule has 7 nitrogen and oxygen atoms in total. The number of aromatic nitrogens is 5. The van der Waals surface area contributed by atoms with Crippen molar-refractivity contribution < 1.29 is 13.2 Å². The maximum absolute atomic E-state index is 14.4. The van der Waals surface area contributed by atoms with E-state index in [2.05, 4.69) is 10.1 Å². The zero-order valence-electron chi connectivity index (χ0n) is 16.8. The molecular formula is C21H19F3N6O. The van der Waals surface area contributed by atoms with E-state index < -0.39 is 29.4 Å². The van der Waals surface area contributed by atoms with Gasteiger partial charge in [-0.2, -0.15) is 0 Å². The first-order valence-corrected chi connectivity index (χ1v) is 9.75. The molecule has 0 bridgehead atoms. The van der Waals surface area contributed by atoms with Gasteiger partial charge in [0.2, 0.25) is 0 Å². The van der Waals surface area contributed by atoms with Crippen molar-refractivity contribution in [3.63, 3.8) is 0 Å². The molecule has 3 aromatic heterocycles. The number of halogens is 3. The standard InChI is InChI=1S/C21H19F3N6O/c1-28-20(27-29(2)21(28)31)10-3-4-30-18-9-16(25)12(7-17(18)26-19(30)5-10)11-6-14(23)15(24)8-13(11)22/h3-6,8,12,16H,7,9,25H2,1-2H3/t12-,16+/m1/s1. The fraction of sp³-hybridized carbons (Fsp3) is 0.286. The van der Waals surface area contributed by atoms with Gasteiger partial charge in [0.1, 0.15) is 11.5 Å². The minimum Gasteiger partial charge on any atom is -0.327 e. The molecular weight excluding hydrogens is 409 g/mol. The van der Waals surface area contributed by atoms with E-state index in [1.54, 1.807) is 14.1 Å². The number of imidazole rings is 1. The van der Waals surface area contributed by atoms with E-state index in [-0.39, 0.29) is 11.3 Å². The van der Waals surface area contributed by atoms with Crippen molar-refractivity contribution in [3.05, 3.63) is 75.3 Å². The van der Waals surface area contributed by atoms with Gasteiger partial charge in [0.05, 0.1) is 5.69 Å². The molecule has 1 aromatic carbocycles. The van der Waals surface area contributed by atoms with E-state index in [0.29, 0.717) is 30.4 Å². The molecule has 0 unspecified atom stereocenters. The number of rotatable bonds is 2. The molecule has 4 aromatic rings. The van der Waals surface area contributed by atoms with Crippen LogP contribution in [0.2, 0.25) is 0 Å². The van der Waals surface area contributed by atoms with Gasteiger partial charge >= 0.3 is 5.69 Å². The minimum atomic E-state index is -1.23. The van der Waals surface area contributed by atoms with Gasteiger partial charge in [-0.1, -0.05) is 0 Å². The van der Waals surface area contributed by atoms with Crippen LogP contribution in [0.1, 0.15) is 22.9 Å². The molecule has 0 radical (unpaired) electrons. The second-order valence-corrected chi connectivity index (χ2v) is 7.90. The van der Waals surface area contributed by atoms with E-state index in [1.165, 1.54) is 9.25 Å². The van der Waals surface area contributed by atoms with Gasteiger partial charge in [-0.3, -0.25) is 4.57 Å². The lowest BCUT2D eigenvalue weighted by Gasteiger charge is -2.29. The maximum Gasteiger partial charge on any atom is 0.345 e. The van der Waals surface area contributed by atoms with Gasteiger partial charge in [0.25, 0.3) is 0 Å². The molecule has 5 rings (SSSR count). The Hall–Kier alpha value is -3.40. The number of nitrogens with two attached hydrogens (primary N) is 1. The molecule has 2 N–H and O–H groups in total. The minimum absolute atomic E-state index is 0.0540. The van der Waals surface area contributed by atoms with Crippen molar-refractivity contribution in [3.8, 4) is 11.4 Å². The van der Waals surface area contributed by atoms with Crippen molar-refractivity contribution in [2.24, 2.45) is 19.8 Å². The molecule has 3 heterocycles. The van der Waals surface area contributed by atoms with Crippen LogP contribution in [0.4, 0.5) is 13.2 Å². The SMILES string of the molecule is Cn1nc(-c2ccn3c4c(nc3c2)C[C@H](c2cc(F)c(F)cc2F)[C@@H](N)C4)n(C)c1=O. The first-order chi connectivity index (χ1) is 14.7. The topological polar surface area (TPSA) is 83.1 Å². The normalized spacial score (nSPS) is 18.5. The zero-order valence-corrected chi connectivity index (χ0v) is 16.8. The van der Waals surface area contributed by atoms with Crippen LogP contribution in [-0.2, 0) is 26.9 Å². The molecule has 31 heavy (non-hydrogen) atoms. The van der Waals surface area contributed by atoms with E-state index in [1.807, 2.05) is 22.7 Å². The number of nitrogens with zero attached hydrogens (tertiary/aromatic N) is 5. The van der Waals surface area contributed by atoms with Gasteiger partial charge in [-0.15, -0.1) is 5.10 Å². The quantitative estimate of drug-likeness (QED) is 0.496. The Kier molecular flexibility index (Phi) is 4.30. The summed E-state index contributed by atoms with van der Waals surface area (Å²) in [5.74, 6) is -3.16. The summed E-state index contributed by atoms with van der Waals surface area (Å²) in [6.07, 6.45) is 2.54. The van der Waals surface area contributed by atoms with Gasteiger partial charge in [0.15, 0.2) is 17.5 Å². The van der Waals surface area contributed by atoms with Crippen LogP contribution >= 0.6 is 0 Å². The number of benzene rings is 1. The number of hydrogen-bond acceptors (Lipinski definition) is 4. The van der Waals surface area contributed by atoms with Crippen molar-refractivity contribution in [1.82, 2.24) is 23.7 Å². The predicted octanol–water partition coefficient (Wildman–Crippen LogP) is 2.06. The first-order valence-electron chi connectivity index (χ1n) is 9.75. The largest absolute Gasteiger partial charge is 0.345 e. The Morgan fingerprint density at radius 3 is 2.52 bits per heavy atom. The number of aryl methyl sites for hydroxylation is 1. The predicted molar refractivity (Wildman–Crippen MR) is 107 cm³/mol.